The van der Waals surface area contributed by atoms with Crippen molar-refractivity contribution in [3.8, 4) is 0 Å². The Morgan fingerprint density at radius 1 is 1.61 bits per heavy atom. The highest BCUT2D eigenvalue weighted by Gasteiger charge is 2.16. The zero-order valence-corrected chi connectivity index (χ0v) is 12.3. The predicted octanol–water partition coefficient (Wildman–Crippen LogP) is 3.01. The average Bonchev–Trinajstić information content (AvgIpc) is 2.34. The van der Waals surface area contributed by atoms with Crippen molar-refractivity contribution in [3.63, 3.8) is 0 Å². The maximum atomic E-state index is 11.0. The summed E-state index contributed by atoms with van der Waals surface area (Å²) in [5.41, 5.74) is 0.163. The third-order valence-electron chi connectivity index (χ3n) is 2.77. The normalized spacial score (nSPS) is 12.2. The Morgan fingerprint density at radius 3 is 2.78 bits per heavy atom. The molecule has 1 unspecified atom stereocenters. The molecule has 0 bridgehead atoms. The van der Waals surface area contributed by atoms with Gasteiger partial charge in [-0.3, -0.25) is 0 Å². The summed E-state index contributed by atoms with van der Waals surface area (Å²) in [5.74, 6) is 0.566. The lowest BCUT2D eigenvalue weighted by molar-refractivity contribution is 0.0697. The van der Waals surface area contributed by atoms with Crippen LogP contribution in [0.2, 0.25) is 5.15 Å². The van der Waals surface area contributed by atoms with Gasteiger partial charge in [-0.05, 0) is 24.8 Å². The molecule has 0 amide bonds. The lowest BCUT2D eigenvalue weighted by Gasteiger charge is -2.28. The van der Waals surface area contributed by atoms with Gasteiger partial charge < -0.3 is 10.0 Å². The summed E-state index contributed by atoms with van der Waals surface area (Å²) < 4.78 is 0. The molecule has 0 saturated carbocycles. The van der Waals surface area contributed by atoms with E-state index in [9.17, 15) is 4.79 Å². The van der Waals surface area contributed by atoms with E-state index in [0.717, 1.165) is 12.2 Å². The molecule has 1 rings (SSSR count). The summed E-state index contributed by atoms with van der Waals surface area (Å²) in [7, 11) is 1.91. The van der Waals surface area contributed by atoms with Crippen LogP contribution < -0.4 is 4.90 Å². The fourth-order valence-corrected chi connectivity index (χ4v) is 2.72. The van der Waals surface area contributed by atoms with Gasteiger partial charge in [-0.2, -0.15) is 11.8 Å². The zero-order valence-electron chi connectivity index (χ0n) is 10.7. The van der Waals surface area contributed by atoms with Gasteiger partial charge in [0, 0.05) is 18.8 Å². The fourth-order valence-electron chi connectivity index (χ4n) is 1.67. The van der Waals surface area contributed by atoms with Crippen LogP contribution in [0.3, 0.4) is 0 Å². The lowest BCUT2D eigenvalue weighted by atomic mass is 10.2. The van der Waals surface area contributed by atoms with Gasteiger partial charge in [0.25, 0.3) is 0 Å². The molecule has 0 aliphatic carbocycles. The van der Waals surface area contributed by atoms with Gasteiger partial charge in [0.1, 0.15) is 11.0 Å². The number of aromatic nitrogens is 1. The standard InChI is InChI=1S/C12H17ClN2O2S/c1-4-9(7-18-3)15(2)11-6-8(12(16)17)5-10(13)14-11/h5-6,9H,4,7H2,1-3H3,(H,16,17). The largest absolute Gasteiger partial charge is 0.478 e. The van der Waals surface area contributed by atoms with E-state index in [1.807, 2.05) is 18.2 Å². The number of rotatable bonds is 6. The molecule has 0 aliphatic rings. The Bertz CT molecular complexity index is 429. The topological polar surface area (TPSA) is 53.4 Å². The first-order valence-corrected chi connectivity index (χ1v) is 7.39. The Kier molecular flexibility index (Phi) is 5.75. The summed E-state index contributed by atoms with van der Waals surface area (Å²) in [6.45, 7) is 2.10. The number of halogens is 1. The monoisotopic (exact) mass is 288 g/mol. The van der Waals surface area contributed by atoms with E-state index in [-0.39, 0.29) is 10.7 Å². The second-order valence-corrected chi connectivity index (χ2v) is 5.27. The molecule has 0 aromatic carbocycles. The van der Waals surface area contributed by atoms with Crippen molar-refractivity contribution in [2.75, 3.05) is 24.0 Å². The number of nitrogens with zero attached hydrogens (tertiary/aromatic N) is 2. The molecule has 1 atom stereocenters. The first kappa shape index (κ1) is 15.1. The maximum Gasteiger partial charge on any atom is 0.335 e. The number of hydrogen-bond acceptors (Lipinski definition) is 4. The number of anilines is 1. The number of hydrogen-bond donors (Lipinski definition) is 1. The highest BCUT2D eigenvalue weighted by molar-refractivity contribution is 7.98. The molecule has 1 aromatic heterocycles. The summed E-state index contributed by atoms with van der Waals surface area (Å²) in [6.07, 6.45) is 3.01. The number of thioether (sulfide) groups is 1. The van der Waals surface area contributed by atoms with Crippen molar-refractivity contribution in [3.05, 3.63) is 22.8 Å². The molecular weight excluding hydrogens is 272 g/mol. The van der Waals surface area contributed by atoms with Crippen LogP contribution in [0.5, 0.6) is 0 Å². The van der Waals surface area contributed by atoms with Gasteiger partial charge in [-0.1, -0.05) is 18.5 Å². The summed E-state index contributed by atoms with van der Waals surface area (Å²) in [4.78, 5) is 17.2. The zero-order chi connectivity index (χ0) is 13.7. The minimum atomic E-state index is -0.994. The fraction of sp³-hybridized carbons (Fsp3) is 0.500. The maximum absolute atomic E-state index is 11.0. The Labute approximate surface area is 116 Å². The van der Waals surface area contributed by atoms with Crippen LogP contribution >= 0.6 is 23.4 Å². The molecule has 6 heteroatoms. The second-order valence-electron chi connectivity index (χ2n) is 3.97. The third-order valence-corrected chi connectivity index (χ3v) is 3.68. The molecule has 0 fully saturated rings. The predicted molar refractivity (Wildman–Crippen MR) is 77.1 cm³/mol. The molecule has 1 aromatic rings. The van der Waals surface area contributed by atoms with Crippen LogP contribution in [-0.2, 0) is 0 Å². The second kappa shape index (κ2) is 6.85. The first-order chi connectivity index (χ1) is 8.49. The minimum Gasteiger partial charge on any atom is -0.478 e. The van der Waals surface area contributed by atoms with Gasteiger partial charge in [0.05, 0.1) is 5.56 Å². The van der Waals surface area contributed by atoms with Crippen LogP contribution in [0, 0.1) is 0 Å². The molecule has 18 heavy (non-hydrogen) atoms. The molecule has 0 aliphatic heterocycles. The van der Waals surface area contributed by atoms with Crippen molar-refractivity contribution < 1.29 is 9.90 Å². The Hall–Kier alpha value is -0.940. The van der Waals surface area contributed by atoms with Crippen molar-refractivity contribution in [1.29, 1.82) is 0 Å². The summed E-state index contributed by atoms with van der Waals surface area (Å²) in [5, 5.41) is 9.21. The van der Waals surface area contributed by atoms with E-state index >= 15 is 0 Å². The van der Waals surface area contributed by atoms with Gasteiger partial charge in [0.15, 0.2) is 0 Å². The molecule has 1 heterocycles. The number of carboxylic acid groups (broad SMARTS) is 1. The SMILES string of the molecule is CCC(CSC)N(C)c1cc(C(=O)O)cc(Cl)n1. The van der Waals surface area contributed by atoms with E-state index in [1.54, 1.807) is 17.8 Å². The highest BCUT2D eigenvalue weighted by Crippen LogP contribution is 2.21. The first-order valence-electron chi connectivity index (χ1n) is 5.62. The Morgan fingerprint density at radius 2 is 2.28 bits per heavy atom. The lowest BCUT2D eigenvalue weighted by Crippen LogP contribution is -2.33. The molecule has 0 saturated heterocycles. The third kappa shape index (κ3) is 3.78. The average molecular weight is 289 g/mol. The van der Waals surface area contributed by atoms with Crippen LogP contribution in [0.15, 0.2) is 12.1 Å². The molecule has 1 N–H and O–H groups in total. The number of aromatic carboxylic acids is 1. The van der Waals surface area contributed by atoms with Crippen molar-refractivity contribution in [1.82, 2.24) is 4.98 Å². The van der Waals surface area contributed by atoms with Crippen molar-refractivity contribution in [2.24, 2.45) is 0 Å². The van der Waals surface area contributed by atoms with E-state index < -0.39 is 5.97 Å². The minimum absolute atomic E-state index is 0.163. The number of carbonyl (C=O) groups is 1. The number of carboxylic acids is 1. The smallest absolute Gasteiger partial charge is 0.335 e. The number of pyridine rings is 1. The summed E-state index contributed by atoms with van der Waals surface area (Å²) in [6, 6.07) is 3.22. The molecule has 0 radical (unpaired) electrons. The van der Waals surface area contributed by atoms with Crippen LogP contribution in [-0.4, -0.2) is 41.2 Å². The molecule has 4 nitrogen and oxygen atoms in total. The van der Waals surface area contributed by atoms with Crippen LogP contribution in [0.1, 0.15) is 23.7 Å². The van der Waals surface area contributed by atoms with Gasteiger partial charge >= 0.3 is 5.97 Å². The van der Waals surface area contributed by atoms with E-state index in [0.29, 0.717) is 11.9 Å². The van der Waals surface area contributed by atoms with Crippen molar-refractivity contribution in [2.45, 2.75) is 19.4 Å². The molecule has 100 valence electrons. The molecule has 0 spiro atoms. The van der Waals surface area contributed by atoms with Gasteiger partial charge in [-0.15, -0.1) is 0 Å². The quantitative estimate of drug-likeness (QED) is 0.816. The van der Waals surface area contributed by atoms with Crippen molar-refractivity contribution >= 4 is 35.1 Å². The van der Waals surface area contributed by atoms with E-state index in [4.69, 9.17) is 16.7 Å². The van der Waals surface area contributed by atoms with Gasteiger partial charge in [-0.25, -0.2) is 9.78 Å². The van der Waals surface area contributed by atoms with E-state index in [1.165, 1.54) is 6.07 Å². The van der Waals surface area contributed by atoms with Crippen LogP contribution in [0.4, 0.5) is 5.82 Å². The van der Waals surface area contributed by atoms with Gasteiger partial charge in [0.2, 0.25) is 0 Å². The highest BCUT2D eigenvalue weighted by atomic mass is 35.5. The molecular formula is C12H17ClN2O2S. The Balaban J connectivity index is 3.04. The van der Waals surface area contributed by atoms with E-state index in [2.05, 4.69) is 11.9 Å². The summed E-state index contributed by atoms with van der Waals surface area (Å²) >= 11 is 7.61. The van der Waals surface area contributed by atoms with Crippen LogP contribution in [0.25, 0.3) is 0 Å².